The van der Waals surface area contributed by atoms with Crippen LogP contribution in [0.5, 0.6) is 0 Å². The predicted octanol–water partition coefficient (Wildman–Crippen LogP) is 1.28. The summed E-state index contributed by atoms with van der Waals surface area (Å²) in [5.41, 5.74) is 13.9. The molecule has 0 spiro atoms. The summed E-state index contributed by atoms with van der Waals surface area (Å²) in [6, 6.07) is 7.76. The number of benzene rings is 1. The third-order valence-corrected chi connectivity index (χ3v) is 2.03. The number of nitrogens with zero attached hydrogens (tertiary/aromatic N) is 1. The van der Waals surface area contributed by atoms with E-state index >= 15 is 0 Å². The first-order valence-corrected chi connectivity index (χ1v) is 4.14. The van der Waals surface area contributed by atoms with Crippen LogP contribution in [0.15, 0.2) is 30.5 Å². The average molecular weight is 173 g/mol. The highest BCUT2D eigenvalue weighted by Crippen LogP contribution is 2.20. The van der Waals surface area contributed by atoms with Gasteiger partial charge in [-0.05, 0) is 23.8 Å². The minimum absolute atomic E-state index is 0.509. The zero-order chi connectivity index (χ0) is 9.26. The fourth-order valence-electron chi connectivity index (χ4n) is 1.40. The second-order valence-electron chi connectivity index (χ2n) is 2.96. The summed E-state index contributed by atoms with van der Waals surface area (Å²) in [6.45, 7) is 0.509. The van der Waals surface area contributed by atoms with Crippen molar-refractivity contribution in [1.29, 1.82) is 0 Å². The van der Waals surface area contributed by atoms with Crippen molar-refractivity contribution in [2.45, 2.75) is 6.54 Å². The van der Waals surface area contributed by atoms with E-state index in [4.69, 9.17) is 11.5 Å². The quantitative estimate of drug-likeness (QED) is 0.638. The van der Waals surface area contributed by atoms with E-state index in [2.05, 4.69) is 4.98 Å². The molecule has 0 saturated carbocycles. The summed E-state index contributed by atoms with van der Waals surface area (Å²) in [6.07, 6.45) is 1.74. The maximum atomic E-state index is 5.81. The van der Waals surface area contributed by atoms with Crippen LogP contribution < -0.4 is 11.5 Å². The van der Waals surface area contributed by atoms with Crippen molar-refractivity contribution < 1.29 is 0 Å². The second-order valence-corrected chi connectivity index (χ2v) is 2.96. The maximum Gasteiger partial charge on any atom is 0.0931 e. The monoisotopic (exact) mass is 173 g/mol. The fraction of sp³-hybridized carbons (Fsp3) is 0.100. The molecular weight excluding hydrogens is 162 g/mol. The molecular formula is C10H11N3. The van der Waals surface area contributed by atoms with Crippen molar-refractivity contribution in [1.82, 2.24) is 4.98 Å². The molecule has 3 nitrogen and oxygen atoms in total. The summed E-state index contributed by atoms with van der Waals surface area (Å²) < 4.78 is 0. The highest BCUT2D eigenvalue weighted by Gasteiger charge is 2.00. The highest BCUT2D eigenvalue weighted by molar-refractivity contribution is 5.89. The lowest BCUT2D eigenvalue weighted by Gasteiger charge is -2.03. The topological polar surface area (TPSA) is 64.9 Å². The van der Waals surface area contributed by atoms with Crippen LogP contribution in [0, 0.1) is 0 Å². The molecule has 1 heterocycles. The molecule has 0 aliphatic rings. The van der Waals surface area contributed by atoms with Gasteiger partial charge in [-0.1, -0.05) is 6.07 Å². The molecule has 1 aromatic heterocycles. The van der Waals surface area contributed by atoms with Gasteiger partial charge in [0.05, 0.1) is 11.2 Å². The molecule has 0 saturated heterocycles. The maximum absolute atomic E-state index is 5.81. The van der Waals surface area contributed by atoms with Crippen LogP contribution in [0.1, 0.15) is 5.56 Å². The molecule has 2 aromatic rings. The number of nitrogens with two attached hydrogens (primary N) is 2. The molecule has 1 aromatic carbocycles. The molecule has 0 aliphatic heterocycles. The third-order valence-electron chi connectivity index (χ3n) is 2.03. The molecule has 4 N–H and O–H groups in total. The van der Waals surface area contributed by atoms with Crippen molar-refractivity contribution in [2.75, 3.05) is 5.73 Å². The molecule has 3 heteroatoms. The first-order valence-electron chi connectivity index (χ1n) is 4.14. The molecule has 0 atom stereocenters. The van der Waals surface area contributed by atoms with E-state index in [0.29, 0.717) is 12.2 Å². The fourth-order valence-corrected chi connectivity index (χ4v) is 1.40. The van der Waals surface area contributed by atoms with Crippen molar-refractivity contribution in [2.24, 2.45) is 5.73 Å². The minimum Gasteiger partial charge on any atom is -0.397 e. The Morgan fingerprint density at radius 2 is 2.15 bits per heavy atom. The SMILES string of the molecule is NCc1cc(N)c2ncccc2c1. The Morgan fingerprint density at radius 3 is 2.92 bits per heavy atom. The summed E-state index contributed by atoms with van der Waals surface area (Å²) in [5, 5.41) is 1.04. The first kappa shape index (κ1) is 8.01. The number of pyridine rings is 1. The van der Waals surface area contributed by atoms with Crippen LogP contribution >= 0.6 is 0 Å². The van der Waals surface area contributed by atoms with Crippen molar-refractivity contribution in [3.8, 4) is 0 Å². The Hall–Kier alpha value is -1.61. The number of anilines is 1. The number of aromatic nitrogens is 1. The zero-order valence-corrected chi connectivity index (χ0v) is 7.20. The number of hydrogen-bond donors (Lipinski definition) is 2. The Bertz CT molecular complexity index is 437. The highest BCUT2D eigenvalue weighted by atomic mass is 14.7. The van der Waals surface area contributed by atoms with Gasteiger partial charge in [0.25, 0.3) is 0 Å². The lowest BCUT2D eigenvalue weighted by atomic mass is 10.1. The van der Waals surface area contributed by atoms with Gasteiger partial charge >= 0.3 is 0 Å². The molecule has 0 radical (unpaired) electrons. The molecule has 0 unspecified atom stereocenters. The third kappa shape index (κ3) is 1.34. The van der Waals surface area contributed by atoms with Gasteiger partial charge in [-0.3, -0.25) is 4.98 Å². The van der Waals surface area contributed by atoms with Crippen LogP contribution in [-0.2, 0) is 6.54 Å². The predicted molar refractivity (Wildman–Crippen MR) is 54.0 cm³/mol. The van der Waals surface area contributed by atoms with Gasteiger partial charge in [-0.25, -0.2) is 0 Å². The van der Waals surface area contributed by atoms with Crippen molar-refractivity contribution in [3.05, 3.63) is 36.0 Å². The van der Waals surface area contributed by atoms with Crippen LogP contribution in [0.3, 0.4) is 0 Å². The van der Waals surface area contributed by atoms with Gasteiger partial charge in [0, 0.05) is 18.1 Å². The van der Waals surface area contributed by atoms with Crippen molar-refractivity contribution >= 4 is 16.6 Å². The van der Waals surface area contributed by atoms with Gasteiger partial charge in [-0.2, -0.15) is 0 Å². The number of rotatable bonds is 1. The Kier molecular flexibility index (Phi) is 1.87. The number of nitrogen functional groups attached to an aromatic ring is 1. The van der Waals surface area contributed by atoms with E-state index in [1.165, 1.54) is 0 Å². The van der Waals surface area contributed by atoms with Crippen LogP contribution in [0.4, 0.5) is 5.69 Å². The summed E-state index contributed by atoms with van der Waals surface area (Å²) >= 11 is 0. The molecule has 0 bridgehead atoms. The van der Waals surface area contributed by atoms with Crippen LogP contribution in [-0.4, -0.2) is 4.98 Å². The normalized spacial score (nSPS) is 10.5. The van der Waals surface area contributed by atoms with Gasteiger partial charge < -0.3 is 11.5 Å². The number of fused-ring (bicyclic) bond motifs is 1. The van der Waals surface area contributed by atoms with E-state index in [1.54, 1.807) is 6.20 Å². The molecule has 0 aliphatic carbocycles. The summed E-state index contributed by atoms with van der Waals surface area (Å²) in [7, 11) is 0. The lowest BCUT2D eigenvalue weighted by molar-refractivity contribution is 1.08. The standard InChI is InChI=1S/C10H11N3/c11-6-7-4-8-2-1-3-13-10(8)9(12)5-7/h1-5H,6,11-12H2. The summed E-state index contributed by atoms with van der Waals surface area (Å²) in [5.74, 6) is 0. The molecule has 13 heavy (non-hydrogen) atoms. The zero-order valence-electron chi connectivity index (χ0n) is 7.20. The Labute approximate surface area is 76.4 Å². The van der Waals surface area contributed by atoms with E-state index in [0.717, 1.165) is 16.5 Å². The summed E-state index contributed by atoms with van der Waals surface area (Å²) in [4.78, 5) is 4.19. The average Bonchev–Trinajstić information content (AvgIpc) is 2.18. The van der Waals surface area contributed by atoms with Gasteiger partial charge in [0.2, 0.25) is 0 Å². The van der Waals surface area contributed by atoms with E-state index in [1.807, 2.05) is 24.3 Å². The Morgan fingerprint density at radius 1 is 1.31 bits per heavy atom. The van der Waals surface area contributed by atoms with E-state index in [-0.39, 0.29) is 0 Å². The Balaban J connectivity index is 2.77. The van der Waals surface area contributed by atoms with Crippen LogP contribution in [0.2, 0.25) is 0 Å². The minimum atomic E-state index is 0.509. The molecule has 66 valence electrons. The lowest BCUT2D eigenvalue weighted by Crippen LogP contribution is -1.98. The van der Waals surface area contributed by atoms with Gasteiger partial charge in [-0.15, -0.1) is 0 Å². The first-order chi connectivity index (χ1) is 6.31. The second kappa shape index (κ2) is 3.03. The molecule has 2 rings (SSSR count). The van der Waals surface area contributed by atoms with Gasteiger partial charge in [0.15, 0.2) is 0 Å². The smallest absolute Gasteiger partial charge is 0.0931 e. The number of hydrogen-bond acceptors (Lipinski definition) is 3. The molecule has 0 fully saturated rings. The van der Waals surface area contributed by atoms with E-state index < -0.39 is 0 Å². The van der Waals surface area contributed by atoms with Gasteiger partial charge in [0.1, 0.15) is 0 Å². The van der Waals surface area contributed by atoms with Crippen LogP contribution in [0.25, 0.3) is 10.9 Å². The molecule has 0 amide bonds. The van der Waals surface area contributed by atoms with Crippen molar-refractivity contribution in [3.63, 3.8) is 0 Å². The largest absolute Gasteiger partial charge is 0.397 e. The van der Waals surface area contributed by atoms with E-state index in [9.17, 15) is 0 Å².